The molecule has 0 atom stereocenters. The number of benzene rings is 1. The Hall–Kier alpha value is -2.41. The molecule has 1 aromatic carbocycles. The average Bonchev–Trinajstić information content (AvgIpc) is 2.99. The lowest BCUT2D eigenvalue weighted by Gasteiger charge is -2.17. The molecule has 0 radical (unpaired) electrons. The first-order chi connectivity index (χ1) is 14.8. The minimum atomic E-state index is -3.47. The Bertz CT molecular complexity index is 1150. The lowest BCUT2D eigenvalue weighted by molar-refractivity contribution is 0.103. The second kappa shape index (κ2) is 10.0. The van der Waals surface area contributed by atoms with Gasteiger partial charge >= 0.3 is 0 Å². The number of carbonyl (C=O) groups excluding carboxylic acids is 1. The smallest absolute Gasteiger partial charge is 0.223 e. The summed E-state index contributed by atoms with van der Waals surface area (Å²) in [5.41, 5.74) is 4.60. The molecule has 0 fully saturated rings. The summed E-state index contributed by atoms with van der Waals surface area (Å²) in [4.78, 5) is 14.0. The lowest BCUT2D eigenvalue weighted by Crippen LogP contribution is -2.14. The van der Waals surface area contributed by atoms with Crippen molar-refractivity contribution in [2.24, 2.45) is 5.92 Å². The highest BCUT2D eigenvalue weighted by Crippen LogP contribution is 2.34. The molecule has 0 aliphatic rings. The van der Waals surface area contributed by atoms with E-state index >= 15 is 0 Å². The third-order valence-corrected chi connectivity index (χ3v) is 6.63. The Kier molecular flexibility index (Phi) is 8.10. The molecule has 0 unspecified atom stereocenters. The van der Waals surface area contributed by atoms with Gasteiger partial charge in [-0.1, -0.05) is 26.3 Å². The summed E-state index contributed by atoms with van der Waals surface area (Å²) in [5.74, 6) is 0.574. The van der Waals surface area contributed by atoms with Crippen molar-refractivity contribution in [3.63, 3.8) is 0 Å². The zero-order valence-electron chi connectivity index (χ0n) is 20.8. The van der Waals surface area contributed by atoms with Crippen molar-refractivity contribution in [2.45, 2.75) is 73.3 Å². The highest BCUT2D eigenvalue weighted by atomic mass is 32.2. The molecule has 0 amide bonds. The molecule has 2 rings (SSSR count). The number of hydrogen-bond donors (Lipinski definition) is 0. The second-order valence-corrected chi connectivity index (χ2v) is 11.0. The molecular weight excluding hydrogens is 424 g/mol. The number of aryl methyl sites for hydroxylation is 2. The molecule has 0 N–H and O–H groups in total. The maximum atomic E-state index is 13.8. The van der Waals surface area contributed by atoms with Crippen molar-refractivity contribution < 1.29 is 17.9 Å². The van der Waals surface area contributed by atoms with Crippen molar-refractivity contribution in [3.05, 3.63) is 45.7 Å². The fraction of sp³-hybridized carbons (Fsp3) is 0.520. The molecule has 32 heavy (non-hydrogen) atoms. The summed E-state index contributed by atoms with van der Waals surface area (Å²) in [7, 11) is -3.47. The van der Waals surface area contributed by atoms with Gasteiger partial charge in [-0.2, -0.15) is 5.10 Å². The maximum absolute atomic E-state index is 13.8. The minimum Gasteiger partial charge on any atom is -0.477 e. The first-order valence-corrected chi connectivity index (χ1v) is 12.9. The molecule has 0 saturated carbocycles. The topological polar surface area (TPSA) is 78.3 Å². The molecule has 1 heterocycles. The van der Waals surface area contributed by atoms with E-state index in [2.05, 4.69) is 18.9 Å². The zero-order valence-corrected chi connectivity index (χ0v) is 21.6. The van der Waals surface area contributed by atoms with E-state index in [0.29, 0.717) is 52.9 Å². The van der Waals surface area contributed by atoms with Gasteiger partial charge in [0.25, 0.3) is 0 Å². The van der Waals surface area contributed by atoms with Gasteiger partial charge in [-0.3, -0.25) is 4.79 Å². The van der Waals surface area contributed by atoms with E-state index in [0.717, 1.165) is 17.6 Å². The SMILES string of the molecule is CCCn1nc(C)c(C(=O)c2ccc(S(C)(=O)=O)c(C(C)=C(C)C)c2C)c1OCC(C)C. The molecule has 176 valence electrons. The lowest BCUT2D eigenvalue weighted by atomic mass is 9.91. The summed E-state index contributed by atoms with van der Waals surface area (Å²) in [6.07, 6.45) is 2.06. The van der Waals surface area contributed by atoms with Crippen molar-refractivity contribution >= 4 is 21.2 Å². The van der Waals surface area contributed by atoms with Crippen LogP contribution in [0.5, 0.6) is 5.88 Å². The molecule has 0 spiro atoms. The third kappa shape index (κ3) is 5.31. The molecule has 0 saturated heterocycles. The fourth-order valence-corrected chi connectivity index (χ4v) is 4.66. The summed E-state index contributed by atoms with van der Waals surface area (Å²) in [6, 6.07) is 3.15. The van der Waals surface area contributed by atoms with Gasteiger partial charge in [0.2, 0.25) is 11.7 Å². The molecule has 0 bridgehead atoms. The standard InChI is InChI=1S/C25H36N2O4S/c1-10-13-27-25(31-14-15(2)3)23(19(8)26-27)24(28)20-11-12-21(32(9,29)30)22(18(20)7)17(6)16(4)5/h11-12,15H,10,13-14H2,1-9H3. The normalized spacial score (nSPS) is 11.7. The molecule has 0 aliphatic heterocycles. The van der Waals surface area contributed by atoms with E-state index in [1.165, 1.54) is 12.3 Å². The van der Waals surface area contributed by atoms with Crippen molar-refractivity contribution in [3.8, 4) is 5.88 Å². The van der Waals surface area contributed by atoms with Gasteiger partial charge in [0.1, 0.15) is 5.56 Å². The van der Waals surface area contributed by atoms with Crippen LogP contribution in [-0.4, -0.2) is 36.8 Å². The third-order valence-electron chi connectivity index (χ3n) is 5.49. The van der Waals surface area contributed by atoms with E-state index in [1.807, 2.05) is 41.5 Å². The number of aromatic nitrogens is 2. The number of ether oxygens (including phenoxy) is 1. The number of carbonyl (C=O) groups is 1. The summed E-state index contributed by atoms with van der Waals surface area (Å²) < 4.78 is 32.8. The molecule has 6 nitrogen and oxygen atoms in total. The van der Waals surface area contributed by atoms with Crippen molar-refractivity contribution in [1.29, 1.82) is 0 Å². The molecule has 2 aromatic rings. The van der Waals surface area contributed by atoms with E-state index in [-0.39, 0.29) is 10.7 Å². The predicted molar refractivity (Wildman–Crippen MR) is 129 cm³/mol. The Morgan fingerprint density at radius 3 is 2.25 bits per heavy atom. The first-order valence-electron chi connectivity index (χ1n) is 11.0. The molecule has 0 aliphatic carbocycles. The summed E-state index contributed by atoms with van der Waals surface area (Å²) in [5, 5.41) is 4.56. The average molecular weight is 461 g/mol. The van der Waals surface area contributed by atoms with E-state index < -0.39 is 9.84 Å². The quantitative estimate of drug-likeness (QED) is 0.469. The number of hydrogen-bond acceptors (Lipinski definition) is 5. The van der Waals surface area contributed by atoms with Gasteiger partial charge in [-0.25, -0.2) is 13.1 Å². The monoisotopic (exact) mass is 460 g/mol. The Labute approximate surface area is 192 Å². The number of ketones is 1. The fourth-order valence-electron chi connectivity index (χ4n) is 3.67. The number of rotatable bonds is 9. The van der Waals surface area contributed by atoms with E-state index in [1.54, 1.807) is 10.7 Å². The van der Waals surface area contributed by atoms with Crippen LogP contribution < -0.4 is 4.74 Å². The van der Waals surface area contributed by atoms with Crippen LogP contribution in [0, 0.1) is 19.8 Å². The van der Waals surface area contributed by atoms with Crippen LogP contribution in [0.2, 0.25) is 0 Å². The van der Waals surface area contributed by atoms with Crippen LogP contribution in [0.15, 0.2) is 22.6 Å². The van der Waals surface area contributed by atoms with Gasteiger partial charge in [0.15, 0.2) is 9.84 Å². The van der Waals surface area contributed by atoms with Gasteiger partial charge in [-0.05, 0) is 75.8 Å². The molecule has 1 aromatic heterocycles. The maximum Gasteiger partial charge on any atom is 0.223 e. The first kappa shape index (κ1) is 25.8. The highest BCUT2D eigenvalue weighted by molar-refractivity contribution is 7.90. The van der Waals surface area contributed by atoms with Gasteiger partial charge in [0, 0.05) is 18.4 Å². The Morgan fingerprint density at radius 1 is 1.12 bits per heavy atom. The largest absolute Gasteiger partial charge is 0.477 e. The number of allylic oxidation sites excluding steroid dienone is 2. The van der Waals surface area contributed by atoms with Crippen LogP contribution in [0.25, 0.3) is 5.57 Å². The Morgan fingerprint density at radius 2 is 1.75 bits per heavy atom. The summed E-state index contributed by atoms with van der Waals surface area (Å²) >= 11 is 0. The van der Waals surface area contributed by atoms with Crippen LogP contribution in [-0.2, 0) is 16.4 Å². The predicted octanol–water partition coefficient (Wildman–Crippen LogP) is 5.39. The van der Waals surface area contributed by atoms with Crippen LogP contribution >= 0.6 is 0 Å². The van der Waals surface area contributed by atoms with Crippen LogP contribution in [0.3, 0.4) is 0 Å². The van der Waals surface area contributed by atoms with Crippen molar-refractivity contribution in [2.75, 3.05) is 12.9 Å². The molecular formula is C25H36N2O4S. The molecule has 7 heteroatoms. The van der Waals surface area contributed by atoms with E-state index in [9.17, 15) is 13.2 Å². The number of nitrogens with zero attached hydrogens (tertiary/aromatic N) is 2. The van der Waals surface area contributed by atoms with E-state index in [4.69, 9.17) is 4.74 Å². The highest BCUT2D eigenvalue weighted by Gasteiger charge is 2.28. The Balaban J connectivity index is 2.76. The van der Waals surface area contributed by atoms with Crippen LogP contribution in [0.1, 0.15) is 80.7 Å². The second-order valence-electron chi connectivity index (χ2n) is 9.03. The van der Waals surface area contributed by atoms with Crippen LogP contribution in [0.4, 0.5) is 0 Å². The minimum absolute atomic E-state index is 0.205. The van der Waals surface area contributed by atoms with Gasteiger partial charge in [-0.15, -0.1) is 0 Å². The van der Waals surface area contributed by atoms with Gasteiger partial charge < -0.3 is 4.74 Å². The zero-order chi connectivity index (χ0) is 24.4. The number of sulfone groups is 1. The van der Waals surface area contributed by atoms with Crippen molar-refractivity contribution in [1.82, 2.24) is 9.78 Å². The van der Waals surface area contributed by atoms with Gasteiger partial charge in [0.05, 0.1) is 17.2 Å². The summed E-state index contributed by atoms with van der Waals surface area (Å²) in [6.45, 7) is 16.7.